The van der Waals surface area contributed by atoms with Crippen LogP contribution in [0.5, 0.6) is 0 Å². The largest absolute Gasteiger partial charge is 0.356 e. The zero-order chi connectivity index (χ0) is 17.3. The Balaban J connectivity index is 1.45. The van der Waals surface area contributed by atoms with Gasteiger partial charge < -0.3 is 9.88 Å². The number of amides is 1. The van der Waals surface area contributed by atoms with Gasteiger partial charge in [0.05, 0.1) is 0 Å². The number of aromatic nitrogens is 3. The van der Waals surface area contributed by atoms with Crippen molar-refractivity contribution in [1.29, 1.82) is 0 Å². The summed E-state index contributed by atoms with van der Waals surface area (Å²) in [6.45, 7) is 7.60. The quantitative estimate of drug-likeness (QED) is 0.767. The molecule has 2 atom stereocenters. The van der Waals surface area contributed by atoms with Gasteiger partial charge in [0.2, 0.25) is 5.91 Å². The second kappa shape index (κ2) is 6.98. The lowest BCUT2D eigenvalue weighted by Crippen LogP contribution is -2.33. The Labute approximate surface area is 149 Å². The van der Waals surface area contributed by atoms with E-state index in [9.17, 15) is 4.79 Å². The van der Waals surface area contributed by atoms with Crippen molar-refractivity contribution in [2.45, 2.75) is 71.8 Å². The molecule has 1 aromatic heterocycles. The maximum atomic E-state index is 12.3. The van der Waals surface area contributed by atoms with Crippen LogP contribution in [0.4, 0.5) is 0 Å². The van der Waals surface area contributed by atoms with Crippen molar-refractivity contribution >= 4 is 18.1 Å². The van der Waals surface area contributed by atoms with E-state index in [-0.39, 0.29) is 5.91 Å². The molecule has 0 saturated heterocycles. The van der Waals surface area contributed by atoms with E-state index in [1.54, 1.807) is 0 Å². The van der Waals surface area contributed by atoms with Crippen molar-refractivity contribution in [3.63, 3.8) is 0 Å². The summed E-state index contributed by atoms with van der Waals surface area (Å²) in [4.78, 5) is 12.3. The summed E-state index contributed by atoms with van der Waals surface area (Å²) in [5, 5.41) is 10.3. The highest BCUT2D eigenvalue weighted by Crippen LogP contribution is 2.42. The van der Waals surface area contributed by atoms with Crippen LogP contribution in [0.2, 0.25) is 0 Å². The fourth-order valence-corrected chi connectivity index (χ4v) is 4.87. The van der Waals surface area contributed by atoms with E-state index >= 15 is 0 Å². The van der Waals surface area contributed by atoms with Gasteiger partial charge in [0.15, 0.2) is 4.77 Å². The second-order valence-electron chi connectivity index (χ2n) is 8.63. The molecule has 0 aliphatic heterocycles. The first-order valence-corrected chi connectivity index (χ1v) is 9.67. The van der Waals surface area contributed by atoms with Gasteiger partial charge in [0.1, 0.15) is 5.82 Å². The number of hydrogen-bond donors (Lipinski definition) is 2. The van der Waals surface area contributed by atoms with Crippen LogP contribution in [0.15, 0.2) is 0 Å². The highest BCUT2D eigenvalue weighted by atomic mass is 32.1. The van der Waals surface area contributed by atoms with Gasteiger partial charge in [0, 0.05) is 25.4 Å². The molecule has 2 aliphatic rings. The van der Waals surface area contributed by atoms with Crippen LogP contribution in [-0.4, -0.2) is 27.2 Å². The second-order valence-corrected chi connectivity index (χ2v) is 9.02. The number of carbonyl (C=O) groups excluding carboxylic acids is 1. The lowest BCUT2D eigenvalue weighted by Gasteiger charge is -2.38. The van der Waals surface area contributed by atoms with Crippen molar-refractivity contribution in [1.82, 2.24) is 20.1 Å². The third-order valence-corrected chi connectivity index (χ3v) is 5.60. The molecule has 5 nitrogen and oxygen atoms in total. The van der Waals surface area contributed by atoms with Gasteiger partial charge in [-0.15, -0.1) is 0 Å². The molecule has 0 aromatic carbocycles. The molecule has 0 spiro atoms. The van der Waals surface area contributed by atoms with Crippen LogP contribution < -0.4 is 5.32 Å². The Bertz CT molecular complexity index is 644. The average molecular weight is 351 g/mol. The first kappa shape index (κ1) is 17.6. The predicted molar refractivity (Wildman–Crippen MR) is 97.3 cm³/mol. The fraction of sp³-hybridized carbons (Fsp3) is 0.833. The number of aromatic amines is 1. The highest BCUT2D eigenvalue weighted by Gasteiger charge is 2.33. The van der Waals surface area contributed by atoms with E-state index in [0.29, 0.717) is 35.1 Å². The molecular formula is C18H30N4OS. The van der Waals surface area contributed by atoms with Crippen LogP contribution in [0.1, 0.15) is 71.2 Å². The normalized spacial score (nSPS) is 26.3. The monoisotopic (exact) mass is 350 g/mol. The minimum atomic E-state index is 0.178. The van der Waals surface area contributed by atoms with Gasteiger partial charge in [-0.05, 0) is 61.6 Å². The number of hydrogen-bond acceptors (Lipinski definition) is 3. The first-order valence-electron chi connectivity index (χ1n) is 9.26. The van der Waals surface area contributed by atoms with E-state index in [4.69, 9.17) is 12.2 Å². The van der Waals surface area contributed by atoms with Crippen LogP contribution in [-0.2, 0) is 11.2 Å². The third-order valence-electron chi connectivity index (χ3n) is 5.31. The molecule has 2 unspecified atom stereocenters. The number of H-pyrrole nitrogens is 1. The van der Waals surface area contributed by atoms with E-state index < -0.39 is 0 Å². The molecule has 0 bridgehead atoms. The van der Waals surface area contributed by atoms with Crippen LogP contribution in [0.25, 0.3) is 0 Å². The Morgan fingerprint density at radius 3 is 2.83 bits per heavy atom. The molecular weight excluding hydrogens is 320 g/mol. The maximum Gasteiger partial charge on any atom is 0.220 e. The zero-order valence-electron chi connectivity index (χ0n) is 15.1. The summed E-state index contributed by atoms with van der Waals surface area (Å²) in [5.74, 6) is 2.38. The molecule has 134 valence electrons. The zero-order valence-corrected chi connectivity index (χ0v) is 15.9. The number of rotatable bonds is 6. The minimum Gasteiger partial charge on any atom is -0.356 e. The SMILES string of the molecule is CC1CC(CC(=O)NCCc2n[nH]c(=S)n2C2CC2)CC(C)(C)C1. The van der Waals surface area contributed by atoms with Crippen molar-refractivity contribution in [2.75, 3.05) is 6.54 Å². The Hall–Kier alpha value is -1.17. The third kappa shape index (κ3) is 4.47. The summed E-state index contributed by atoms with van der Waals surface area (Å²) in [6.07, 6.45) is 7.37. The van der Waals surface area contributed by atoms with E-state index in [2.05, 4.69) is 40.9 Å². The molecule has 24 heavy (non-hydrogen) atoms. The van der Waals surface area contributed by atoms with Gasteiger partial charge in [-0.2, -0.15) is 5.10 Å². The van der Waals surface area contributed by atoms with Gasteiger partial charge in [0.25, 0.3) is 0 Å². The Morgan fingerprint density at radius 2 is 2.17 bits per heavy atom. The summed E-state index contributed by atoms with van der Waals surface area (Å²) >= 11 is 5.29. The predicted octanol–water partition coefficient (Wildman–Crippen LogP) is 3.79. The maximum absolute atomic E-state index is 12.3. The van der Waals surface area contributed by atoms with E-state index in [0.717, 1.165) is 24.6 Å². The molecule has 0 radical (unpaired) electrons. The van der Waals surface area contributed by atoms with Crippen molar-refractivity contribution in [3.8, 4) is 0 Å². The standard InChI is InChI=1S/C18H30N4OS/c1-12-8-13(11-18(2,3)10-12)9-16(23)19-7-6-15-20-21-17(24)22(15)14-4-5-14/h12-14H,4-11H2,1-3H3,(H,19,23)(H,21,24). The molecule has 6 heteroatoms. The van der Waals surface area contributed by atoms with Gasteiger partial charge in [-0.25, -0.2) is 0 Å². The molecule has 2 aliphatic carbocycles. The van der Waals surface area contributed by atoms with Crippen LogP contribution >= 0.6 is 12.2 Å². The fourth-order valence-electron chi connectivity index (χ4n) is 4.57. The number of nitrogens with zero attached hydrogens (tertiary/aromatic N) is 2. The summed E-state index contributed by atoms with van der Waals surface area (Å²) in [5.41, 5.74) is 0.368. The molecule has 2 N–H and O–H groups in total. The van der Waals surface area contributed by atoms with E-state index in [1.165, 1.54) is 25.7 Å². The van der Waals surface area contributed by atoms with E-state index in [1.807, 2.05) is 0 Å². The number of nitrogens with one attached hydrogen (secondary N) is 2. The van der Waals surface area contributed by atoms with Gasteiger partial charge >= 0.3 is 0 Å². The van der Waals surface area contributed by atoms with Gasteiger partial charge in [-0.1, -0.05) is 20.8 Å². The van der Waals surface area contributed by atoms with Gasteiger partial charge in [-0.3, -0.25) is 9.89 Å². The number of carbonyl (C=O) groups is 1. The summed E-state index contributed by atoms with van der Waals surface area (Å²) in [6, 6.07) is 0.521. The molecule has 1 aromatic rings. The lowest BCUT2D eigenvalue weighted by atomic mass is 9.67. The van der Waals surface area contributed by atoms with Crippen molar-refractivity contribution in [2.24, 2.45) is 17.3 Å². The summed E-state index contributed by atoms with van der Waals surface area (Å²) in [7, 11) is 0. The highest BCUT2D eigenvalue weighted by molar-refractivity contribution is 7.71. The molecule has 2 saturated carbocycles. The van der Waals surface area contributed by atoms with Crippen molar-refractivity contribution < 1.29 is 4.79 Å². The topological polar surface area (TPSA) is 62.7 Å². The van der Waals surface area contributed by atoms with Crippen LogP contribution in [0.3, 0.4) is 0 Å². The Morgan fingerprint density at radius 1 is 1.42 bits per heavy atom. The molecule has 1 heterocycles. The first-order chi connectivity index (χ1) is 11.3. The smallest absolute Gasteiger partial charge is 0.220 e. The molecule has 2 fully saturated rings. The minimum absolute atomic E-state index is 0.178. The van der Waals surface area contributed by atoms with Crippen LogP contribution in [0, 0.1) is 22.0 Å². The average Bonchev–Trinajstić information content (AvgIpc) is 3.21. The molecule has 3 rings (SSSR count). The van der Waals surface area contributed by atoms with Crippen molar-refractivity contribution in [3.05, 3.63) is 10.6 Å². The Kier molecular flexibility index (Phi) is 5.13. The summed E-state index contributed by atoms with van der Waals surface area (Å²) < 4.78 is 2.82. The molecule has 1 amide bonds. The lowest BCUT2D eigenvalue weighted by molar-refractivity contribution is -0.122.